The Labute approximate surface area is 356 Å². The van der Waals surface area contributed by atoms with Crippen LogP contribution in [0, 0.1) is 22.7 Å². The Bertz CT molecular complexity index is 2190. The number of benzene rings is 3. The van der Waals surface area contributed by atoms with Crippen molar-refractivity contribution in [3.05, 3.63) is 119 Å². The molecule has 4 aliphatic rings. The first-order chi connectivity index (χ1) is 29.0. The normalized spacial score (nSPS) is 32.3. The molecule has 1 heterocycles. The summed E-state index contributed by atoms with van der Waals surface area (Å²) in [5.41, 5.74) is -4.27. The predicted molar refractivity (Wildman–Crippen MR) is 221 cm³/mol. The molecule has 324 valence electrons. The monoisotopic (exact) mass is 837 g/mol. The molecule has 1 saturated heterocycles. The lowest BCUT2D eigenvalue weighted by Gasteiger charge is -2.68. The molecule has 7 rings (SSSR count). The molecule has 3 aromatic carbocycles. The van der Waals surface area contributed by atoms with Crippen LogP contribution in [0.1, 0.15) is 86.7 Å². The zero-order valence-corrected chi connectivity index (χ0v) is 35.8. The standard InChI is InChI=1S/C48H55NO12/c1-27-33(59-44(54)38(57-8)37(30-18-12-9-13-19-30)49-42(52)31-20-14-10-15-21-31)25-48(55)41(60-43(53)32-22-16-11-17-23-32)39-46(6,40(51)28(2)36(27)45(48,4)5)34(56-7)24-35-47(39,26-58-35)61-29(3)50/h9-23,28,33-35,37-39,41,55H,24-26H2,1-8H3,(H,49,52)/t28-,33+,34+,35?,37+,38-,39-,41-,46-,47+,48-/m1/s1. The first-order valence-corrected chi connectivity index (χ1v) is 20.7. The van der Waals surface area contributed by atoms with Gasteiger partial charge in [-0.15, -0.1) is 0 Å². The summed E-state index contributed by atoms with van der Waals surface area (Å²) in [6.07, 6.45) is -5.80. The topological polar surface area (TPSA) is 173 Å². The maximum absolute atomic E-state index is 15.5. The number of hydrogen-bond acceptors (Lipinski definition) is 12. The summed E-state index contributed by atoms with van der Waals surface area (Å²) in [7, 11) is 2.83. The smallest absolute Gasteiger partial charge is 0.338 e. The first-order valence-electron chi connectivity index (χ1n) is 20.7. The van der Waals surface area contributed by atoms with Crippen LogP contribution >= 0.6 is 0 Å². The SMILES string of the molecule is CO[C@H]1CC2OC[C@@]2(OC(C)=O)[C@@H]2[C@@H](OC(=O)c3ccccc3)[C@]3(O)C[C@H](OC(=O)[C@H](OC)[C@@H](NC(=O)c4ccccc4)c4ccccc4)C(C)=C([C@@H](C)C(=O)[C@]12C)C3(C)C. The third kappa shape index (κ3) is 7.18. The number of hydrogen-bond donors (Lipinski definition) is 2. The van der Waals surface area contributed by atoms with E-state index in [0.717, 1.165) is 0 Å². The molecule has 13 nitrogen and oxygen atoms in total. The molecule has 3 aromatic rings. The summed E-state index contributed by atoms with van der Waals surface area (Å²) in [4.78, 5) is 71.1. The maximum Gasteiger partial charge on any atom is 0.338 e. The largest absolute Gasteiger partial charge is 0.456 e. The molecule has 2 bridgehead atoms. The van der Waals surface area contributed by atoms with Crippen molar-refractivity contribution in [3.8, 4) is 0 Å². The van der Waals surface area contributed by atoms with Gasteiger partial charge in [0.1, 0.15) is 29.7 Å². The van der Waals surface area contributed by atoms with E-state index < -0.39 is 94.2 Å². The Morgan fingerprint density at radius 3 is 2.00 bits per heavy atom. The van der Waals surface area contributed by atoms with Crippen LogP contribution < -0.4 is 5.32 Å². The number of carbonyl (C=O) groups is 5. The second-order valence-corrected chi connectivity index (χ2v) is 17.5. The van der Waals surface area contributed by atoms with Gasteiger partial charge in [0.15, 0.2) is 11.7 Å². The van der Waals surface area contributed by atoms with Gasteiger partial charge in [0, 0.05) is 50.9 Å². The third-order valence-corrected chi connectivity index (χ3v) is 14.0. The highest BCUT2D eigenvalue weighted by Crippen LogP contribution is 2.65. The Morgan fingerprint density at radius 2 is 1.46 bits per heavy atom. The lowest BCUT2D eigenvalue weighted by Crippen LogP contribution is -2.81. The summed E-state index contributed by atoms with van der Waals surface area (Å²) in [6.45, 7) is 9.95. The lowest BCUT2D eigenvalue weighted by atomic mass is 9.43. The first kappa shape index (κ1) is 43.9. The minimum absolute atomic E-state index is 0.128. The highest BCUT2D eigenvalue weighted by Gasteiger charge is 2.78. The van der Waals surface area contributed by atoms with Crippen molar-refractivity contribution in [2.45, 2.75) is 102 Å². The number of ketones is 1. The number of ether oxygens (including phenoxy) is 6. The average Bonchev–Trinajstić information content (AvgIpc) is 3.24. The summed E-state index contributed by atoms with van der Waals surface area (Å²) < 4.78 is 37.2. The second-order valence-electron chi connectivity index (χ2n) is 17.5. The molecule has 61 heavy (non-hydrogen) atoms. The number of nitrogens with one attached hydrogen (secondary N) is 1. The number of methoxy groups -OCH3 is 2. The van der Waals surface area contributed by atoms with Crippen LogP contribution in [0.3, 0.4) is 0 Å². The number of fused-ring (bicyclic) bond motifs is 5. The Balaban J connectivity index is 1.37. The molecule has 1 aliphatic heterocycles. The lowest BCUT2D eigenvalue weighted by molar-refractivity contribution is -0.346. The molecule has 3 fully saturated rings. The van der Waals surface area contributed by atoms with E-state index in [1.54, 1.807) is 120 Å². The fourth-order valence-corrected chi connectivity index (χ4v) is 11.0. The maximum atomic E-state index is 15.5. The van der Waals surface area contributed by atoms with Gasteiger partial charge in [0.05, 0.1) is 35.6 Å². The van der Waals surface area contributed by atoms with E-state index in [2.05, 4.69) is 5.32 Å². The summed E-state index contributed by atoms with van der Waals surface area (Å²) in [5, 5.41) is 16.7. The molecule has 2 saturated carbocycles. The van der Waals surface area contributed by atoms with Crippen LogP contribution in [0.25, 0.3) is 0 Å². The van der Waals surface area contributed by atoms with Crippen molar-refractivity contribution in [1.29, 1.82) is 0 Å². The molecule has 13 heteroatoms. The summed E-state index contributed by atoms with van der Waals surface area (Å²) in [6, 6.07) is 24.7. The van der Waals surface area contributed by atoms with Gasteiger partial charge in [0.2, 0.25) is 0 Å². The minimum Gasteiger partial charge on any atom is -0.456 e. The number of carbonyl (C=O) groups excluding carboxylic acids is 5. The number of amides is 1. The Kier molecular flexibility index (Phi) is 11.9. The third-order valence-electron chi connectivity index (χ3n) is 14.0. The second kappa shape index (κ2) is 16.6. The van der Waals surface area contributed by atoms with Gasteiger partial charge in [0.25, 0.3) is 5.91 Å². The van der Waals surface area contributed by atoms with E-state index in [9.17, 15) is 24.3 Å². The van der Waals surface area contributed by atoms with E-state index in [0.29, 0.717) is 22.3 Å². The van der Waals surface area contributed by atoms with Crippen molar-refractivity contribution < 1.29 is 57.5 Å². The Morgan fingerprint density at radius 1 is 0.869 bits per heavy atom. The van der Waals surface area contributed by atoms with E-state index in [4.69, 9.17) is 28.4 Å². The van der Waals surface area contributed by atoms with Crippen molar-refractivity contribution in [2.75, 3.05) is 20.8 Å². The molecule has 0 aromatic heterocycles. The van der Waals surface area contributed by atoms with Crippen LogP contribution in [-0.4, -0.2) is 97.3 Å². The quantitative estimate of drug-likeness (QED) is 0.136. The van der Waals surface area contributed by atoms with Gasteiger partial charge in [-0.2, -0.15) is 0 Å². The molecule has 11 atom stereocenters. The highest BCUT2D eigenvalue weighted by atomic mass is 16.6. The number of Topliss-reactive ketones (excluding diaryl/α,β-unsaturated/α-hetero) is 1. The number of rotatable bonds is 11. The highest BCUT2D eigenvalue weighted by molar-refractivity contribution is 5.95. The van der Waals surface area contributed by atoms with Crippen LogP contribution in [0.5, 0.6) is 0 Å². The molecule has 3 aliphatic carbocycles. The molecule has 1 amide bonds. The fourth-order valence-electron chi connectivity index (χ4n) is 11.0. The van der Waals surface area contributed by atoms with Gasteiger partial charge in [-0.05, 0) is 54.8 Å². The number of aliphatic hydroxyl groups is 1. The molecule has 2 N–H and O–H groups in total. The molecule has 0 radical (unpaired) electrons. The number of esters is 3. The van der Waals surface area contributed by atoms with Crippen molar-refractivity contribution in [3.63, 3.8) is 0 Å². The Hall–Kier alpha value is -5.21. The van der Waals surface area contributed by atoms with E-state index >= 15 is 4.79 Å². The van der Waals surface area contributed by atoms with Gasteiger partial charge in [-0.1, -0.05) is 87.5 Å². The zero-order chi connectivity index (χ0) is 44.1. The van der Waals surface area contributed by atoms with Crippen molar-refractivity contribution >= 4 is 29.6 Å². The van der Waals surface area contributed by atoms with E-state index in [1.807, 2.05) is 6.07 Å². The van der Waals surface area contributed by atoms with Crippen LogP contribution in [0.4, 0.5) is 0 Å². The van der Waals surface area contributed by atoms with Gasteiger partial charge < -0.3 is 38.8 Å². The molecule has 0 spiro atoms. The average molecular weight is 838 g/mol. The molecular formula is C48H55NO12. The zero-order valence-electron chi connectivity index (χ0n) is 35.8. The predicted octanol–water partition coefficient (Wildman–Crippen LogP) is 5.75. The molecule has 1 unspecified atom stereocenters. The van der Waals surface area contributed by atoms with E-state index in [-0.39, 0.29) is 30.8 Å². The van der Waals surface area contributed by atoms with Crippen LogP contribution in [-0.2, 0) is 42.8 Å². The molecular weight excluding hydrogens is 783 g/mol. The fraction of sp³-hybridized carbons (Fsp3) is 0.479. The van der Waals surface area contributed by atoms with Gasteiger partial charge >= 0.3 is 17.9 Å². The minimum atomic E-state index is -2.09. The van der Waals surface area contributed by atoms with Gasteiger partial charge in [-0.25, -0.2) is 9.59 Å². The van der Waals surface area contributed by atoms with Gasteiger partial charge in [-0.3, -0.25) is 14.4 Å². The van der Waals surface area contributed by atoms with E-state index in [1.165, 1.54) is 21.1 Å². The summed E-state index contributed by atoms with van der Waals surface area (Å²) in [5.74, 6) is -5.11. The van der Waals surface area contributed by atoms with Crippen molar-refractivity contribution in [2.24, 2.45) is 22.7 Å². The van der Waals surface area contributed by atoms with Crippen LogP contribution in [0.15, 0.2) is 102 Å². The van der Waals surface area contributed by atoms with Crippen molar-refractivity contribution in [1.82, 2.24) is 5.32 Å². The summed E-state index contributed by atoms with van der Waals surface area (Å²) >= 11 is 0. The van der Waals surface area contributed by atoms with Crippen LogP contribution in [0.2, 0.25) is 0 Å².